The molecule has 0 bridgehead atoms. The molecule has 0 spiro atoms. The quantitative estimate of drug-likeness (QED) is 0.898. The Morgan fingerprint density at radius 1 is 1.12 bits per heavy atom. The summed E-state index contributed by atoms with van der Waals surface area (Å²) in [5.41, 5.74) is 1.25. The predicted molar refractivity (Wildman–Crippen MR) is 92.6 cm³/mol. The minimum atomic E-state index is -1.01. The van der Waals surface area contributed by atoms with Gasteiger partial charge in [-0.3, -0.25) is 4.79 Å². The van der Waals surface area contributed by atoms with E-state index in [0.717, 1.165) is 6.42 Å². The maximum absolute atomic E-state index is 12.3. The fourth-order valence-corrected chi connectivity index (χ4v) is 3.56. The summed E-state index contributed by atoms with van der Waals surface area (Å²) in [6.07, 6.45) is 1.28. The third kappa shape index (κ3) is 3.91. The van der Waals surface area contributed by atoms with Gasteiger partial charge in [0.2, 0.25) is 5.91 Å². The van der Waals surface area contributed by atoms with Crippen LogP contribution in [0.15, 0.2) is 35.7 Å². The van der Waals surface area contributed by atoms with Gasteiger partial charge < -0.3 is 14.9 Å². The second-order valence-corrected chi connectivity index (χ2v) is 6.51. The number of rotatable bonds is 5. The summed E-state index contributed by atoms with van der Waals surface area (Å²) >= 11 is 1.33. The largest absolute Gasteiger partial charge is 0.476 e. The summed E-state index contributed by atoms with van der Waals surface area (Å²) < 4.78 is 0. The number of anilines is 1. The highest BCUT2D eigenvalue weighted by Crippen LogP contribution is 2.22. The number of carboxylic acids is 1. The standard InChI is InChI=1S/C17H19N3O3S/c21-15(7-6-13-4-2-1-3-5-13)19-8-10-20(11-9-19)17-18-14(12-24-17)16(22)23/h1-5,12H,6-11H2,(H,22,23). The molecule has 0 saturated carbocycles. The number of thiazole rings is 1. The summed E-state index contributed by atoms with van der Waals surface area (Å²) in [7, 11) is 0. The molecule has 1 fully saturated rings. The molecule has 1 amide bonds. The van der Waals surface area contributed by atoms with Gasteiger partial charge >= 0.3 is 5.97 Å². The van der Waals surface area contributed by atoms with Crippen molar-refractivity contribution < 1.29 is 14.7 Å². The zero-order chi connectivity index (χ0) is 16.9. The number of aromatic nitrogens is 1. The Labute approximate surface area is 144 Å². The van der Waals surface area contributed by atoms with Crippen LogP contribution < -0.4 is 4.90 Å². The zero-order valence-corrected chi connectivity index (χ0v) is 14.0. The van der Waals surface area contributed by atoms with E-state index in [9.17, 15) is 9.59 Å². The highest BCUT2D eigenvalue weighted by Gasteiger charge is 2.23. The highest BCUT2D eigenvalue weighted by molar-refractivity contribution is 7.13. The number of hydrogen-bond donors (Lipinski definition) is 1. The molecule has 2 heterocycles. The smallest absolute Gasteiger partial charge is 0.355 e. The van der Waals surface area contributed by atoms with E-state index in [1.54, 1.807) is 5.38 Å². The van der Waals surface area contributed by atoms with Crippen LogP contribution in [-0.2, 0) is 11.2 Å². The fourth-order valence-electron chi connectivity index (χ4n) is 2.71. The van der Waals surface area contributed by atoms with Crippen molar-refractivity contribution in [1.82, 2.24) is 9.88 Å². The number of carbonyl (C=O) groups excluding carboxylic acids is 1. The molecule has 1 aliphatic rings. The van der Waals surface area contributed by atoms with Gasteiger partial charge in [-0.25, -0.2) is 9.78 Å². The summed E-state index contributed by atoms with van der Waals surface area (Å²) in [6, 6.07) is 10.0. The average molecular weight is 345 g/mol. The van der Waals surface area contributed by atoms with Crippen LogP contribution in [0.2, 0.25) is 0 Å². The van der Waals surface area contributed by atoms with E-state index >= 15 is 0 Å². The number of benzene rings is 1. The lowest BCUT2D eigenvalue weighted by Gasteiger charge is -2.34. The van der Waals surface area contributed by atoms with Crippen LogP contribution in [-0.4, -0.2) is 53.0 Å². The Bertz CT molecular complexity index is 709. The Morgan fingerprint density at radius 3 is 2.46 bits per heavy atom. The van der Waals surface area contributed by atoms with Gasteiger partial charge in [-0.05, 0) is 12.0 Å². The van der Waals surface area contributed by atoms with Crippen LogP contribution in [0.3, 0.4) is 0 Å². The predicted octanol–water partition coefficient (Wildman–Crippen LogP) is 2.12. The number of amides is 1. The second-order valence-electron chi connectivity index (χ2n) is 5.67. The Morgan fingerprint density at radius 2 is 1.83 bits per heavy atom. The topological polar surface area (TPSA) is 73.7 Å². The van der Waals surface area contributed by atoms with E-state index < -0.39 is 5.97 Å². The van der Waals surface area contributed by atoms with Crippen molar-refractivity contribution in [2.75, 3.05) is 31.1 Å². The Kier molecular flexibility index (Phi) is 5.10. The molecule has 126 valence electrons. The number of piperazine rings is 1. The van der Waals surface area contributed by atoms with Gasteiger partial charge in [-0.2, -0.15) is 0 Å². The van der Waals surface area contributed by atoms with Crippen molar-refractivity contribution in [3.05, 3.63) is 47.0 Å². The molecule has 3 rings (SSSR count). The van der Waals surface area contributed by atoms with Crippen molar-refractivity contribution in [2.45, 2.75) is 12.8 Å². The van der Waals surface area contributed by atoms with E-state index in [1.165, 1.54) is 16.9 Å². The van der Waals surface area contributed by atoms with Crippen LogP contribution in [0, 0.1) is 0 Å². The molecule has 1 aliphatic heterocycles. The number of aryl methyl sites for hydroxylation is 1. The molecule has 1 saturated heterocycles. The van der Waals surface area contributed by atoms with Crippen LogP contribution in [0.1, 0.15) is 22.5 Å². The van der Waals surface area contributed by atoms with Gasteiger partial charge in [0.1, 0.15) is 0 Å². The molecule has 24 heavy (non-hydrogen) atoms. The van der Waals surface area contributed by atoms with Crippen LogP contribution in [0.4, 0.5) is 5.13 Å². The van der Waals surface area contributed by atoms with Crippen molar-refractivity contribution >= 4 is 28.3 Å². The number of aromatic carboxylic acids is 1. The van der Waals surface area contributed by atoms with Gasteiger partial charge in [-0.1, -0.05) is 30.3 Å². The highest BCUT2D eigenvalue weighted by atomic mass is 32.1. The first-order valence-corrected chi connectivity index (χ1v) is 8.77. The molecule has 1 N–H and O–H groups in total. The van der Waals surface area contributed by atoms with Gasteiger partial charge in [0.15, 0.2) is 10.8 Å². The van der Waals surface area contributed by atoms with E-state index in [0.29, 0.717) is 37.7 Å². The lowest BCUT2D eigenvalue weighted by Crippen LogP contribution is -2.48. The maximum atomic E-state index is 12.3. The van der Waals surface area contributed by atoms with E-state index in [2.05, 4.69) is 4.98 Å². The first-order valence-electron chi connectivity index (χ1n) is 7.89. The molecule has 7 heteroatoms. The van der Waals surface area contributed by atoms with Crippen LogP contribution >= 0.6 is 11.3 Å². The van der Waals surface area contributed by atoms with Crippen molar-refractivity contribution in [2.24, 2.45) is 0 Å². The first-order chi connectivity index (χ1) is 11.6. The molecule has 1 aromatic heterocycles. The minimum Gasteiger partial charge on any atom is -0.476 e. The zero-order valence-electron chi connectivity index (χ0n) is 13.2. The van der Waals surface area contributed by atoms with E-state index in [-0.39, 0.29) is 11.6 Å². The number of carboxylic acid groups (broad SMARTS) is 1. The van der Waals surface area contributed by atoms with Crippen molar-refractivity contribution in [3.8, 4) is 0 Å². The molecule has 0 atom stereocenters. The van der Waals surface area contributed by atoms with E-state index in [4.69, 9.17) is 5.11 Å². The van der Waals surface area contributed by atoms with Crippen molar-refractivity contribution in [1.29, 1.82) is 0 Å². The molecular formula is C17H19N3O3S. The van der Waals surface area contributed by atoms with Gasteiger partial charge in [-0.15, -0.1) is 11.3 Å². The van der Waals surface area contributed by atoms with Gasteiger partial charge in [0.25, 0.3) is 0 Å². The van der Waals surface area contributed by atoms with Crippen molar-refractivity contribution in [3.63, 3.8) is 0 Å². The number of hydrogen-bond acceptors (Lipinski definition) is 5. The average Bonchev–Trinajstić information content (AvgIpc) is 3.11. The van der Waals surface area contributed by atoms with E-state index in [1.807, 2.05) is 40.1 Å². The number of nitrogens with zero attached hydrogens (tertiary/aromatic N) is 3. The molecular weight excluding hydrogens is 326 g/mol. The second kappa shape index (κ2) is 7.44. The summed E-state index contributed by atoms with van der Waals surface area (Å²) in [5, 5.41) is 11.2. The van der Waals surface area contributed by atoms with Gasteiger partial charge in [0, 0.05) is 38.0 Å². The molecule has 6 nitrogen and oxygen atoms in total. The Balaban J connectivity index is 1.49. The summed E-state index contributed by atoms with van der Waals surface area (Å²) in [4.78, 5) is 31.3. The fraction of sp³-hybridized carbons (Fsp3) is 0.353. The monoisotopic (exact) mass is 345 g/mol. The summed E-state index contributed by atoms with van der Waals surface area (Å²) in [5.74, 6) is -0.837. The SMILES string of the molecule is O=C(O)c1csc(N2CCN(C(=O)CCc3ccccc3)CC2)n1. The van der Waals surface area contributed by atoms with Crippen LogP contribution in [0.5, 0.6) is 0 Å². The lowest BCUT2D eigenvalue weighted by atomic mass is 10.1. The summed E-state index contributed by atoms with van der Waals surface area (Å²) in [6.45, 7) is 2.67. The minimum absolute atomic E-state index is 0.0800. The molecule has 0 unspecified atom stereocenters. The molecule has 1 aromatic carbocycles. The lowest BCUT2D eigenvalue weighted by molar-refractivity contribution is -0.131. The maximum Gasteiger partial charge on any atom is 0.355 e. The third-order valence-corrected chi connectivity index (χ3v) is 4.99. The third-order valence-electron chi connectivity index (χ3n) is 4.08. The molecule has 0 aliphatic carbocycles. The normalized spacial score (nSPS) is 14.7. The Hall–Kier alpha value is -2.41. The van der Waals surface area contributed by atoms with Gasteiger partial charge in [0.05, 0.1) is 0 Å². The molecule has 2 aromatic rings. The number of carbonyl (C=O) groups is 2. The first kappa shape index (κ1) is 16.4. The van der Waals surface area contributed by atoms with Crippen LogP contribution in [0.25, 0.3) is 0 Å². The molecule has 0 radical (unpaired) electrons.